The van der Waals surface area contributed by atoms with Crippen LogP contribution in [0.1, 0.15) is 13.3 Å². The van der Waals surface area contributed by atoms with Crippen LogP contribution >= 0.6 is 11.8 Å². The van der Waals surface area contributed by atoms with Crippen molar-refractivity contribution in [3.63, 3.8) is 0 Å². The molecule has 0 bridgehead atoms. The Morgan fingerprint density at radius 2 is 2.00 bits per heavy atom. The predicted molar refractivity (Wildman–Crippen MR) is 55.4 cm³/mol. The van der Waals surface area contributed by atoms with E-state index in [4.69, 9.17) is 5.73 Å². The van der Waals surface area contributed by atoms with Gasteiger partial charge in [0.25, 0.3) is 0 Å². The van der Waals surface area contributed by atoms with Crippen molar-refractivity contribution in [2.45, 2.75) is 23.5 Å². The zero-order valence-electron chi connectivity index (χ0n) is 7.36. The summed E-state index contributed by atoms with van der Waals surface area (Å²) in [4.78, 5) is 1.33. The van der Waals surface area contributed by atoms with Crippen molar-refractivity contribution in [3.8, 4) is 0 Å². The maximum Gasteiger partial charge on any atom is 0.00780 e. The highest BCUT2D eigenvalue weighted by molar-refractivity contribution is 7.99. The minimum Gasteiger partial charge on any atom is -0.330 e. The second-order valence-electron chi connectivity index (χ2n) is 2.82. The van der Waals surface area contributed by atoms with E-state index >= 15 is 0 Å². The van der Waals surface area contributed by atoms with E-state index in [-0.39, 0.29) is 0 Å². The summed E-state index contributed by atoms with van der Waals surface area (Å²) in [6, 6.07) is 10.4. The van der Waals surface area contributed by atoms with Gasteiger partial charge in [-0.3, -0.25) is 0 Å². The molecule has 0 spiro atoms. The lowest BCUT2D eigenvalue weighted by molar-refractivity contribution is 0.823. The SMILES string of the molecule is CC(CCN)Sc1ccccc1. The van der Waals surface area contributed by atoms with E-state index in [9.17, 15) is 0 Å². The summed E-state index contributed by atoms with van der Waals surface area (Å²) in [5.41, 5.74) is 5.47. The first-order valence-corrected chi connectivity index (χ1v) is 5.12. The summed E-state index contributed by atoms with van der Waals surface area (Å²) >= 11 is 1.89. The smallest absolute Gasteiger partial charge is 0.00780 e. The summed E-state index contributed by atoms with van der Waals surface area (Å²) in [6.07, 6.45) is 1.08. The third kappa shape index (κ3) is 3.28. The van der Waals surface area contributed by atoms with Crippen LogP contribution in [0.3, 0.4) is 0 Å². The minimum atomic E-state index is 0.623. The Bertz CT molecular complexity index is 210. The molecular weight excluding hydrogens is 166 g/mol. The summed E-state index contributed by atoms with van der Waals surface area (Å²) in [5.74, 6) is 0. The molecule has 1 nitrogen and oxygen atoms in total. The van der Waals surface area contributed by atoms with Gasteiger partial charge in [-0.1, -0.05) is 25.1 Å². The Morgan fingerprint density at radius 3 is 2.58 bits per heavy atom. The molecule has 1 unspecified atom stereocenters. The third-order valence-corrected chi connectivity index (χ3v) is 2.84. The lowest BCUT2D eigenvalue weighted by atomic mass is 10.3. The van der Waals surface area contributed by atoms with Gasteiger partial charge < -0.3 is 5.73 Å². The van der Waals surface area contributed by atoms with Crippen LogP contribution < -0.4 is 5.73 Å². The van der Waals surface area contributed by atoms with E-state index < -0.39 is 0 Å². The first-order valence-electron chi connectivity index (χ1n) is 4.24. The van der Waals surface area contributed by atoms with Crippen LogP contribution in [0.5, 0.6) is 0 Å². The quantitative estimate of drug-likeness (QED) is 0.722. The van der Waals surface area contributed by atoms with E-state index in [0.717, 1.165) is 13.0 Å². The van der Waals surface area contributed by atoms with Gasteiger partial charge in [0.05, 0.1) is 0 Å². The zero-order valence-corrected chi connectivity index (χ0v) is 8.18. The van der Waals surface area contributed by atoms with Crippen LogP contribution in [0.15, 0.2) is 35.2 Å². The highest BCUT2D eigenvalue weighted by Gasteiger charge is 2.01. The highest BCUT2D eigenvalue weighted by atomic mass is 32.2. The molecule has 0 heterocycles. The topological polar surface area (TPSA) is 26.0 Å². The molecule has 1 aromatic carbocycles. The largest absolute Gasteiger partial charge is 0.330 e. The van der Waals surface area contributed by atoms with Crippen LogP contribution in [-0.2, 0) is 0 Å². The zero-order chi connectivity index (χ0) is 8.81. The first kappa shape index (κ1) is 9.62. The molecule has 0 aliphatic heterocycles. The maximum absolute atomic E-state index is 5.47. The minimum absolute atomic E-state index is 0.623. The fourth-order valence-corrected chi connectivity index (χ4v) is 2.06. The normalized spacial score (nSPS) is 12.8. The standard InChI is InChI=1S/C10H15NS/c1-9(7-8-11)12-10-5-3-2-4-6-10/h2-6,9H,7-8,11H2,1H3. The highest BCUT2D eigenvalue weighted by Crippen LogP contribution is 2.23. The Hall–Kier alpha value is -0.470. The van der Waals surface area contributed by atoms with Gasteiger partial charge in [0.15, 0.2) is 0 Å². The van der Waals surface area contributed by atoms with E-state index in [0.29, 0.717) is 5.25 Å². The molecule has 1 atom stereocenters. The molecule has 66 valence electrons. The Kier molecular flexibility index (Phi) is 4.19. The van der Waals surface area contributed by atoms with Gasteiger partial charge in [0.1, 0.15) is 0 Å². The Balaban J connectivity index is 2.41. The third-order valence-electron chi connectivity index (χ3n) is 1.65. The molecule has 0 fully saturated rings. The molecule has 0 amide bonds. The molecule has 0 aromatic heterocycles. The monoisotopic (exact) mass is 181 g/mol. The van der Waals surface area contributed by atoms with E-state index in [1.807, 2.05) is 17.8 Å². The number of hydrogen-bond donors (Lipinski definition) is 1. The molecule has 2 N–H and O–H groups in total. The van der Waals surface area contributed by atoms with Crippen LogP contribution in [0, 0.1) is 0 Å². The van der Waals surface area contributed by atoms with Gasteiger partial charge in [0, 0.05) is 10.1 Å². The number of thioether (sulfide) groups is 1. The van der Waals surface area contributed by atoms with Crippen molar-refractivity contribution in [1.29, 1.82) is 0 Å². The molecule has 1 rings (SSSR count). The lowest BCUT2D eigenvalue weighted by Crippen LogP contribution is -2.06. The van der Waals surface area contributed by atoms with Gasteiger partial charge in [-0.25, -0.2) is 0 Å². The van der Waals surface area contributed by atoms with Crippen molar-refractivity contribution in [3.05, 3.63) is 30.3 Å². The molecule has 0 saturated carbocycles. The lowest BCUT2D eigenvalue weighted by Gasteiger charge is -2.08. The molecule has 0 radical (unpaired) electrons. The van der Waals surface area contributed by atoms with Gasteiger partial charge in [-0.2, -0.15) is 0 Å². The van der Waals surface area contributed by atoms with Gasteiger partial charge >= 0.3 is 0 Å². The molecule has 2 heteroatoms. The second kappa shape index (κ2) is 5.22. The molecule has 0 aliphatic rings. The molecule has 1 aromatic rings. The molecule has 0 saturated heterocycles. The predicted octanol–water partition coefficient (Wildman–Crippen LogP) is 2.52. The summed E-state index contributed by atoms with van der Waals surface area (Å²) in [5, 5.41) is 0.623. The number of nitrogens with two attached hydrogens (primary N) is 1. The van der Waals surface area contributed by atoms with Gasteiger partial charge in [-0.15, -0.1) is 11.8 Å². The Morgan fingerprint density at radius 1 is 1.33 bits per heavy atom. The molecule has 12 heavy (non-hydrogen) atoms. The number of hydrogen-bond acceptors (Lipinski definition) is 2. The summed E-state index contributed by atoms with van der Waals surface area (Å²) in [7, 11) is 0. The number of rotatable bonds is 4. The second-order valence-corrected chi connectivity index (χ2v) is 4.33. The van der Waals surface area contributed by atoms with E-state index in [1.54, 1.807) is 0 Å². The molecule has 0 aliphatic carbocycles. The van der Waals surface area contributed by atoms with Gasteiger partial charge in [0.2, 0.25) is 0 Å². The summed E-state index contributed by atoms with van der Waals surface area (Å²) < 4.78 is 0. The summed E-state index contributed by atoms with van der Waals surface area (Å²) in [6.45, 7) is 2.99. The van der Waals surface area contributed by atoms with E-state index in [1.165, 1.54) is 4.90 Å². The fourth-order valence-electron chi connectivity index (χ4n) is 1.03. The average Bonchev–Trinajstić information content (AvgIpc) is 2.06. The molecular formula is C10H15NS. The van der Waals surface area contributed by atoms with Crippen LogP contribution in [0.4, 0.5) is 0 Å². The maximum atomic E-state index is 5.47. The van der Waals surface area contributed by atoms with Gasteiger partial charge in [-0.05, 0) is 25.1 Å². The van der Waals surface area contributed by atoms with Crippen molar-refractivity contribution in [1.82, 2.24) is 0 Å². The van der Waals surface area contributed by atoms with Crippen molar-refractivity contribution in [2.24, 2.45) is 5.73 Å². The van der Waals surface area contributed by atoms with Crippen molar-refractivity contribution < 1.29 is 0 Å². The van der Waals surface area contributed by atoms with Crippen LogP contribution in [0.2, 0.25) is 0 Å². The fraction of sp³-hybridized carbons (Fsp3) is 0.400. The van der Waals surface area contributed by atoms with Crippen LogP contribution in [-0.4, -0.2) is 11.8 Å². The first-order chi connectivity index (χ1) is 5.83. The van der Waals surface area contributed by atoms with E-state index in [2.05, 4.69) is 31.2 Å². The van der Waals surface area contributed by atoms with Crippen LogP contribution in [0.25, 0.3) is 0 Å². The number of benzene rings is 1. The average molecular weight is 181 g/mol. The van der Waals surface area contributed by atoms with Crippen molar-refractivity contribution >= 4 is 11.8 Å². The van der Waals surface area contributed by atoms with Crippen molar-refractivity contribution in [2.75, 3.05) is 6.54 Å². The Labute approximate surface area is 78.4 Å².